The summed E-state index contributed by atoms with van der Waals surface area (Å²) in [5, 5.41) is 3.37. The molecule has 2 aliphatic rings. The van der Waals surface area contributed by atoms with E-state index in [0.29, 0.717) is 5.41 Å². The van der Waals surface area contributed by atoms with E-state index >= 15 is 0 Å². The quantitative estimate of drug-likeness (QED) is 0.580. The van der Waals surface area contributed by atoms with Gasteiger partial charge in [0.2, 0.25) is 0 Å². The molecular weight excluding hydrogens is 152 g/mol. The zero-order valence-corrected chi connectivity index (χ0v) is 7.60. The minimum absolute atomic E-state index is 0.306. The molecule has 0 aliphatic carbocycles. The molecule has 0 atom stereocenters. The average Bonchev–Trinajstić information content (AvgIpc) is 2.49. The highest BCUT2D eigenvalue weighted by Crippen LogP contribution is 2.38. The van der Waals surface area contributed by atoms with Gasteiger partial charge in [0.25, 0.3) is 0 Å². The van der Waals surface area contributed by atoms with Crippen molar-refractivity contribution < 1.29 is 4.74 Å². The van der Waals surface area contributed by atoms with Crippen molar-refractivity contribution in [1.82, 2.24) is 5.32 Å². The number of hydrogen-bond acceptors (Lipinski definition) is 3. The molecule has 0 unspecified atom stereocenters. The van der Waals surface area contributed by atoms with E-state index in [1.54, 1.807) is 7.11 Å². The van der Waals surface area contributed by atoms with E-state index in [-0.39, 0.29) is 0 Å². The maximum Gasteiger partial charge on any atom is 0.189 e. The second kappa shape index (κ2) is 3.05. The highest BCUT2D eigenvalue weighted by atomic mass is 16.5. The third-order valence-electron chi connectivity index (χ3n) is 3.05. The molecule has 68 valence electrons. The van der Waals surface area contributed by atoms with Crippen molar-refractivity contribution >= 4 is 5.90 Å². The van der Waals surface area contributed by atoms with E-state index in [1.807, 2.05) is 0 Å². The summed E-state index contributed by atoms with van der Waals surface area (Å²) in [6.45, 7) is 3.19. The van der Waals surface area contributed by atoms with Gasteiger partial charge in [0.1, 0.15) is 0 Å². The van der Waals surface area contributed by atoms with Gasteiger partial charge >= 0.3 is 0 Å². The Morgan fingerprint density at radius 1 is 1.33 bits per heavy atom. The van der Waals surface area contributed by atoms with Gasteiger partial charge in [-0.3, -0.25) is 4.99 Å². The van der Waals surface area contributed by atoms with Gasteiger partial charge in [0.15, 0.2) is 5.90 Å². The molecule has 0 aromatic heterocycles. The predicted molar refractivity (Wildman–Crippen MR) is 48.5 cm³/mol. The Morgan fingerprint density at radius 2 is 2.08 bits per heavy atom. The lowest BCUT2D eigenvalue weighted by atomic mass is 9.77. The Labute approximate surface area is 73.2 Å². The lowest BCUT2D eigenvalue weighted by Gasteiger charge is -2.33. The standard InChI is InChI=1S/C9H16N2O/c1-12-8-9(4-7-11-8)2-5-10-6-3-9/h10H,2-7H2,1H3. The molecule has 1 N–H and O–H groups in total. The van der Waals surface area contributed by atoms with Crippen LogP contribution in [-0.2, 0) is 4.74 Å². The van der Waals surface area contributed by atoms with Crippen molar-refractivity contribution in [2.75, 3.05) is 26.7 Å². The second-order valence-electron chi connectivity index (χ2n) is 3.67. The van der Waals surface area contributed by atoms with E-state index in [0.717, 1.165) is 25.5 Å². The first-order valence-electron chi connectivity index (χ1n) is 4.67. The summed E-state index contributed by atoms with van der Waals surface area (Å²) in [6, 6.07) is 0. The van der Waals surface area contributed by atoms with Gasteiger partial charge in [-0.1, -0.05) is 0 Å². The monoisotopic (exact) mass is 168 g/mol. The first-order chi connectivity index (χ1) is 5.87. The molecule has 0 amide bonds. The molecule has 2 rings (SSSR count). The maximum absolute atomic E-state index is 5.33. The number of nitrogens with zero attached hydrogens (tertiary/aromatic N) is 1. The SMILES string of the molecule is COC1=NCCC12CCNCC2. The average molecular weight is 168 g/mol. The zero-order valence-electron chi connectivity index (χ0n) is 7.60. The molecule has 3 heteroatoms. The highest BCUT2D eigenvalue weighted by Gasteiger charge is 2.41. The van der Waals surface area contributed by atoms with Gasteiger partial charge in [-0.2, -0.15) is 0 Å². The predicted octanol–water partition coefficient (Wildman–Crippen LogP) is 0.805. The zero-order chi connectivity index (χ0) is 8.44. The maximum atomic E-state index is 5.33. The Bertz CT molecular complexity index is 195. The van der Waals surface area contributed by atoms with Crippen molar-refractivity contribution in [1.29, 1.82) is 0 Å². The van der Waals surface area contributed by atoms with E-state index < -0.39 is 0 Å². The van der Waals surface area contributed by atoms with Crippen LogP contribution in [0.5, 0.6) is 0 Å². The van der Waals surface area contributed by atoms with Gasteiger partial charge < -0.3 is 10.1 Å². The molecule has 1 spiro atoms. The van der Waals surface area contributed by atoms with Gasteiger partial charge in [0, 0.05) is 6.54 Å². The summed E-state index contributed by atoms with van der Waals surface area (Å²) in [5.74, 6) is 1.00. The van der Waals surface area contributed by atoms with Crippen molar-refractivity contribution in [2.45, 2.75) is 19.3 Å². The number of rotatable bonds is 0. The molecule has 0 bridgehead atoms. The number of nitrogens with one attached hydrogen (secondary N) is 1. The third kappa shape index (κ3) is 1.12. The van der Waals surface area contributed by atoms with Crippen molar-refractivity contribution in [3.8, 4) is 0 Å². The molecule has 0 saturated carbocycles. The smallest absolute Gasteiger partial charge is 0.189 e. The van der Waals surface area contributed by atoms with Crippen LogP contribution < -0.4 is 5.32 Å². The summed E-state index contributed by atoms with van der Waals surface area (Å²) >= 11 is 0. The largest absolute Gasteiger partial charge is 0.484 e. The van der Waals surface area contributed by atoms with Gasteiger partial charge in [-0.25, -0.2) is 0 Å². The Balaban J connectivity index is 2.13. The van der Waals surface area contributed by atoms with Crippen molar-refractivity contribution in [3.05, 3.63) is 0 Å². The van der Waals surface area contributed by atoms with Crippen LogP contribution in [0.4, 0.5) is 0 Å². The lowest BCUT2D eigenvalue weighted by molar-refractivity contribution is 0.241. The summed E-state index contributed by atoms with van der Waals surface area (Å²) in [7, 11) is 1.74. The third-order valence-corrected chi connectivity index (χ3v) is 3.05. The van der Waals surface area contributed by atoms with Gasteiger partial charge in [0.05, 0.1) is 12.5 Å². The molecule has 1 fully saturated rings. The summed E-state index contributed by atoms with van der Waals surface area (Å²) in [5.41, 5.74) is 0.306. The van der Waals surface area contributed by atoms with Crippen molar-refractivity contribution in [3.63, 3.8) is 0 Å². The van der Waals surface area contributed by atoms with Crippen LogP contribution in [-0.4, -0.2) is 32.6 Å². The number of ether oxygens (including phenoxy) is 1. The van der Waals surface area contributed by atoms with Crippen LogP contribution in [0.1, 0.15) is 19.3 Å². The Hall–Kier alpha value is -0.570. The molecule has 12 heavy (non-hydrogen) atoms. The van der Waals surface area contributed by atoms with Gasteiger partial charge in [-0.05, 0) is 32.4 Å². The fourth-order valence-corrected chi connectivity index (χ4v) is 2.30. The van der Waals surface area contributed by atoms with Crippen LogP contribution >= 0.6 is 0 Å². The molecule has 0 aromatic rings. The van der Waals surface area contributed by atoms with E-state index in [4.69, 9.17) is 4.74 Å². The van der Waals surface area contributed by atoms with Gasteiger partial charge in [-0.15, -0.1) is 0 Å². The molecule has 2 heterocycles. The van der Waals surface area contributed by atoms with Crippen LogP contribution in [0.3, 0.4) is 0 Å². The van der Waals surface area contributed by atoms with E-state index in [1.165, 1.54) is 19.3 Å². The molecule has 0 radical (unpaired) electrons. The lowest BCUT2D eigenvalue weighted by Crippen LogP contribution is -2.40. The van der Waals surface area contributed by atoms with Crippen LogP contribution in [0.15, 0.2) is 4.99 Å². The minimum Gasteiger partial charge on any atom is -0.484 e. The number of aliphatic imine (C=N–C) groups is 1. The summed E-state index contributed by atoms with van der Waals surface area (Å²) in [4.78, 5) is 4.40. The fraction of sp³-hybridized carbons (Fsp3) is 0.889. The molecule has 0 aromatic carbocycles. The van der Waals surface area contributed by atoms with E-state index in [9.17, 15) is 0 Å². The van der Waals surface area contributed by atoms with Crippen LogP contribution in [0.2, 0.25) is 0 Å². The molecule has 1 saturated heterocycles. The summed E-state index contributed by atoms with van der Waals surface area (Å²) < 4.78 is 5.33. The van der Waals surface area contributed by atoms with E-state index in [2.05, 4.69) is 10.3 Å². The molecule has 2 aliphatic heterocycles. The molecule has 3 nitrogen and oxygen atoms in total. The highest BCUT2D eigenvalue weighted by molar-refractivity contribution is 5.84. The Morgan fingerprint density at radius 3 is 2.75 bits per heavy atom. The van der Waals surface area contributed by atoms with Crippen LogP contribution in [0.25, 0.3) is 0 Å². The normalized spacial score (nSPS) is 27.2. The first-order valence-corrected chi connectivity index (χ1v) is 4.67. The number of hydrogen-bond donors (Lipinski definition) is 1. The second-order valence-corrected chi connectivity index (χ2v) is 3.67. The molecular formula is C9H16N2O. The number of piperidine rings is 1. The minimum atomic E-state index is 0.306. The topological polar surface area (TPSA) is 33.6 Å². The van der Waals surface area contributed by atoms with Crippen molar-refractivity contribution in [2.24, 2.45) is 10.4 Å². The Kier molecular flexibility index (Phi) is 2.05. The first kappa shape index (κ1) is 8.05. The van der Waals surface area contributed by atoms with Crippen LogP contribution in [0, 0.1) is 5.41 Å². The summed E-state index contributed by atoms with van der Waals surface area (Å²) in [6.07, 6.45) is 3.58. The fourth-order valence-electron chi connectivity index (χ4n) is 2.30. The number of methoxy groups -OCH3 is 1.